The molecule has 0 aromatic heterocycles. The lowest BCUT2D eigenvalue weighted by Crippen LogP contribution is -1.83. The molecule has 0 saturated heterocycles. The molecule has 0 fully saturated rings. The first-order chi connectivity index (χ1) is 9.81. The maximum absolute atomic E-state index is 3.56. The minimum Gasteiger partial charge on any atom is -0.0622 e. The van der Waals surface area contributed by atoms with Gasteiger partial charge in [0, 0.05) is 4.47 Å². The van der Waals surface area contributed by atoms with Crippen molar-refractivity contribution in [3.05, 3.63) is 82.3 Å². The minimum absolute atomic E-state index is 1.03. The van der Waals surface area contributed by atoms with E-state index in [4.69, 9.17) is 0 Å². The van der Waals surface area contributed by atoms with Gasteiger partial charge in [0.2, 0.25) is 0 Å². The summed E-state index contributed by atoms with van der Waals surface area (Å²) in [4.78, 5) is 0. The first-order valence-electron chi connectivity index (χ1n) is 6.78. The van der Waals surface area contributed by atoms with Crippen LogP contribution in [0.15, 0.2) is 71.2 Å². The second-order valence-corrected chi connectivity index (χ2v) is 6.13. The van der Waals surface area contributed by atoms with Crippen LogP contribution in [-0.2, 0) is 6.42 Å². The van der Waals surface area contributed by atoms with Crippen molar-refractivity contribution in [2.75, 3.05) is 0 Å². The van der Waals surface area contributed by atoms with Crippen LogP contribution in [0.1, 0.15) is 11.1 Å². The Bertz CT molecular complexity index is 788. The number of rotatable bonds is 1. The third-order valence-electron chi connectivity index (χ3n) is 3.95. The van der Waals surface area contributed by atoms with E-state index in [2.05, 4.69) is 82.7 Å². The Labute approximate surface area is 127 Å². The average Bonchev–Trinajstić information content (AvgIpc) is 2.84. The summed E-state index contributed by atoms with van der Waals surface area (Å²) in [5, 5.41) is 0. The lowest BCUT2D eigenvalue weighted by Gasteiger charge is -2.05. The SMILES string of the molecule is Brc1ccc2c(c1)Cc1cc(-c3ccccc3)ccc1-2. The minimum atomic E-state index is 1.03. The first-order valence-corrected chi connectivity index (χ1v) is 7.58. The van der Waals surface area contributed by atoms with Crippen molar-refractivity contribution in [2.24, 2.45) is 0 Å². The molecule has 0 radical (unpaired) electrons. The van der Waals surface area contributed by atoms with Gasteiger partial charge in [0.15, 0.2) is 0 Å². The standard InChI is InChI=1S/C19H13Br/c20-17-7-9-19-16(12-17)11-15-10-14(6-8-18(15)19)13-4-2-1-3-5-13/h1-10,12H,11H2. The third-order valence-corrected chi connectivity index (χ3v) is 4.44. The summed E-state index contributed by atoms with van der Waals surface area (Å²) >= 11 is 3.56. The predicted octanol–water partition coefficient (Wildman–Crippen LogP) is 5.69. The smallest absolute Gasteiger partial charge is 0.0178 e. The van der Waals surface area contributed by atoms with Crippen LogP contribution in [0, 0.1) is 0 Å². The first kappa shape index (κ1) is 11.9. The summed E-state index contributed by atoms with van der Waals surface area (Å²) in [5.41, 5.74) is 8.19. The molecule has 3 aromatic rings. The van der Waals surface area contributed by atoms with Gasteiger partial charge >= 0.3 is 0 Å². The van der Waals surface area contributed by atoms with Crippen molar-refractivity contribution in [1.29, 1.82) is 0 Å². The van der Waals surface area contributed by atoms with Crippen molar-refractivity contribution in [1.82, 2.24) is 0 Å². The van der Waals surface area contributed by atoms with Gasteiger partial charge in [-0.2, -0.15) is 0 Å². The molecule has 4 rings (SSSR count). The Morgan fingerprint density at radius 3 is 2.15 bits per heavy atom. The molecular weight excluding hydrogens is 308 g/mol. The molecule has 0 unspecified atom stereocenters. The van der Waals surface area contributed by atoms with Crippen molar-refractivity contribution in [3.8, 4) is 22.3 Å². The van der Waals surface area contributed by atoms with E-state index in [-0.39, 0.29) is 0 Å². The van der Waals surface area contributed by atoms with Crippen LogP contribution in [0.3, 0.4) is 0 Å². The lowest BCUT2D eigenvalue weighted by molar-refractivity contribution is 1.26. The van der Waals surface area contributed by atoms with Crippen molar-refractivity contribution < 1.29 is 0 Å². The van der Waals surface area contributed by atoms with E-state index in [0.717, 1.165) is 10.9 Å². The molecule has 1 aliphatic rings. The molecule has 0 aliphatic heterocycles. The Morgan fingerprint density at radius 2 is 1.35 bits per heavy atom. The summed E-state index contributed by atoms with van der Waals surface area (Å²) in [6, 6.07) is 24.0. The molecule has 0 amide bonds. The van der Waals surface area contributed by atoms with Gasteiger partial charge < -0.3 is 0 Å². The molecule has 0 nitrogen and oxygen atoms in total. The molecule has 0 atom stereocenters. The van der Waals surface area contributed by atoms with Crippen LogP contribution < -0.4 is 0 Å². The van der Waals surface area contributed by atoms with Crippen LogP contribution in [0.25, 0.3) is 22.3 Å². The summed E-state index contributed by atoms with van der Waals surface area (Å²) < 4.78 is 1.16. The zero-order chi connectivity index (χ0) is 13.5. The van der Waals surface area contributed by atoms with Gasteiger partial charge in [0.05, 0.1) is 0 Å². The maximum Gasteiger partial charge on any atom is 0.0178 e. The van der Waals surface area contributed by atoms with E-state index in [1.807, 2.05) is 0 Å². The highest BCUT2D eigenvalue weighted by atomic mass is 79.9. The summed E-state index contributed by atoms with van der Waals surface area (Å²) in [6.45, 7) is 0. The maximum atomic E-state index is 3.56. The second kappa shape index (κ2) is 4.60. The van der Waals surface area contributed by atoms with Gasteiger partial charge in [-0.15, -0.1) is 0 Å². The van der Waals surface area contributed by atoms with Gasteiger partial charge in [0.1, 0.15) is 0 Å². The van der Waals surface area contributed by atoms with Crippen molar-refractivity contribution >= 4 is 15.9 Å². The highest BCUT2D eigenvalue weighted by molar-refractivity contribution is 9.10. The molecule has 3 aromatic carbocycles. The summed E-state index contributed by atoms with van der Waals surface area (Å²) in [6.07, 6.45) is 1.03. The van der Waals surface area contributed by atoms with Gasteiger partial charge in [0.25, 0.3) is 0 Å². The third kappa shape index (κ3) is 1.90. The van der Waals surface area contributed by atoms with Crippen molar-refractivity contribution in [2.45, 2.75) is 6.42 Å². The van der Waals surface area contributed by atoms with Gasteiger partial charge in [-0.1, -0.05) is 70.5 Å². The molecule has 0 N–H and O–H groups in total. The Kier molecular flexibility index (Phi) is 2.75. The monoisotopic (exact) mass is 320 g/mol. The van der Waals surface area contributed by atoms with E-state index in [9.17, 15) is 0 Å². The summed E-state index contributed by atoms with van der Waals surface area (Å²) in [7, 11) is 0. The van der Waals surface area contributed by atoms with Gasteiger partial charge in [-0.05, 0) is 51.9 Å². The second-order valence-electron chi connectivity index (χ2n) is 5.22. The van der Waals surface area contributed by atoms with Crippen LogP contribution in [0.5, 0.6) is 0 Å². The van der Waals surface area contributed by atoms with Crippen LogP contribution >= 0.6 is 15.9 Å². The number of hydrogen-bond donors (Lipinski definition) is 0. The molecule has 1 aliphatic carbocycles. The fraction of sp³-hybridized carbons (Fsp3) is 0.0526. The van der Waals surface area contributed by atoms with Crippen LogP contribution in [0.4, 0.5) is 0 Å². The Hall–Kier alpha value is -1.86. The number of halogens is 1. The average molecular weight is 321 g/mol. The number of hydrogen-bond acceptors (Lipinski definition) is 0. The highest BCUT2D eigenvalue weighted by Crippen LogP contribution is 2.39. The van der Waals surface area contributed by atoms with E-state index in [0.29, 0.717) is 0 Å². The van der Waals surface area contributed by atoms with E-state index >= 15 is 0 Å². The van der Waals surface area contributed by atoms with Gasteiger partial charge in [-0.25, -0.2) is 0 Å². The number of fused-ring (bicyclic) bond motifs is 3. The zero-order valence-electron chi connectivity index (χ0n) is 10.9. The zero-order valence-corrected chi connectivity index (χ0v) is 12.5. The molecule has 1 heteroatoms. The molecule has 0 bridgehead atoms. The fourth-order valence-electron chi connectivity index (χ4n) is 2.99. The van der Waals surface area contributed by atoms with Gasteiger partial charge in [-0.3, -0.25) is 0 Å². The topological polar surface area (TPSA) is 0 Å². The van der Waals surface area contributed by atoms with E-state index in [1.54, 1.807) is 0 Å². The Morgan fingerprint density at radius 1 is 0.650 bits per heavy atom. The Balaban J connectivity index is 1.82. The molecule has 0 spiro atoms. The predicted molar refractivity (Wildman–Crippen MR) is 87.8 cm³/mol. The number of benzene rings is 3. The van der Waals surface area contributed by atoms with E-state index in [1.165, 1.54) is 33.4 Å². The van der Waals surface area contributed by atoms with Crippen LogP contribution in [-0.4, -0.2) is 0 Å². The fourth-order valence-corrected chi connectivity index (χ4v) is 3.40. The molecule has 96 valence electrons. The highest BCUT2D eigenvalue weighted by Gasteiger charge is 2.18. The van der Waals surface area contributed by atoms with Crippen LogP contribution in [0.2, 0.25) is 0 Å². The summed E-state index contributed by atoms with van der Waals surface area (Å²) in [5.74, 6) is 0. The lowest BCUT2D eigenvalue weighted by atomic mass is 9.99. The van der Waals surface area contributed by atoms with E-state index < -0.39 is 0 Å². The largest absolute Gasteiger partial charge is 0.0622 e. The molecule has 0 saturated carbocycles. The van der Waals surface area contributed by atoms with Crippen molar-refractivity contribution in [3.63, 3.8) is 0 Å². The normalized spacial score (nSPS) is 12.1. The molecule has 20 heavy (non-hydrogen) atoms. The molecule has 0 heterocycles. The molecular formula is C19H13Br. The quantitative estimate of drug-likeness (QED) is 0.423.